The van der Waals surface area contributed by atoms with Crippen LogP contribution >= 0.6 is 15.9 Å². The summed E-state index contributed by atoms with van der Waals surface area (Å²) >= 11 is 3.27. The zero-order chi connectivity index (χ0) is 12.6. The van der Waals surface area contributed by atoms with Gasteiger partial charge in [-0.25, -0.2) is 4.79 Å². The number of rotatable bonds is 2. The lowest BCUT2D eigenvalue weighted by Crippen LogP contribution is -2.35. The van der Waals surface area contributed by atoms with E-state index in [1.807, 2.05) is 6.08 Å². The van der Waals surface area contributed by atoms with Gasteiger partial charge in [-0.3, -0.25) is 0 Å². The van der Waals surface area contributed by atoms with E-state index in [1.54, 1.807) is 0 Å². The molecule has 0 bridgehead atoms. The molecule has 0 radical (unpaired) electrons. The summed E-state index contributed by atoms with van der Waals surface area (Å²) in [4.78, 5) is 11.4. The molecule has 17 heavy (non-hydrogen) atoms. The molecule has 1 saturated carbocycles. The van der Waals surface area contributed by atoms with Crippen LogP contribution in [-0.4, -0.2) is 12.1 Å². The largest absolute Gasteiger partial charge is 0.454 e. The van der Waals surface area contributed by atoms with Crippen molar-refractivity contribution in [1.82, 2.24) is 0 Å². The molecule has 3 heteroatoms. The van der Waals surface area contributed by atoms with Crippen LogP contribution < -0.4 is 0 Å². The van der Waals surface area contributed by atoms with Crippen molar-refractivity contribution in [2.45, 2.75) is 46.1 Å². The second-order valence-corrected chi connectivity index (χ2v) is 6.73. The molecule has 0 aromatic carbocycles. The summed E-state index contributed by atoms with van der Waals surface area (Å²) in [6, 6.07) is 0. The van der Waals surface area contributed by atoms with E-state index in [4.69, 9.17) is 4.74 Å². The highest BCUT2D eigenvalue weighted by atomic mass is 79.9. The van der Waals surface area contributed by atoms with Crippen molar-refractivity contribution in [3.63, 3.8) is 0 Å². The van der Waals surface area contributed by atoms with Crippen molar-refractivity contribution in [3.05, 3.63) is 10.6 Å². The second kappa shape index (κ2) is 5.13. The van der Waals surface area contributed by atoms with Gasteiger partial charge < -0.3 is 4.74 Å². The minimum absolute atomic E-state index is 0.00738. The fourth-order valence-electron chi connectivity index (χ4n) is 3.29. The standard InChI is InChI=1S/C14H21BrO2/c1-8(2)10-5-4-9(3)6-11(10)13-7-12(15)14(16)17-13/h7-11,13H,4-6H2,1-3H3/t9-,10+,11-,13+/m1/s1. The van der Waals surface area contributed by atoms with Gasteiger partial charge in [-0.2, -0.15) is 0 Å². The van der Waals surface area contributed by atoms with Crippen molar-refractivity contribution in [2.24, 2.45) is 23.7 Å². The van der Waals surface area contributed by atoms with Gasteiger partial charge in [-0.05, 0) is 52.6 Å². The molecule has 0 aromatic rings. The Morgan fingerprint density at radius 3 is 2.65 bits per heavy atom. The molecule has 1 fully saturated rings. The fraction of sp³-hybridized carbons (Fsp3) is 0.786. The summed E-state index contributed by atoms with van der Waals surface area (Å²) in [6.07, 6.45) is 5.71. The topological polar surface area (TPSA) is 26.3 Å². The first-order valence-electron chi connectivity index (χ1n) is 6.57. The van der Waals surface area contributed by atoms with Crippen LogP contribution in [0.5, 0.6) is 0 Å². The van der Waals surface area contributed by atoms with Gasteiger partial charge in [0.15, 0.2) is 0 Å². The third-order valence-electron chi connectivity index (χ3n) is 4.24. The summed E-state index contributed by atoms with van der Waals surface area (Å²) in [5.41, 5.74) is 0. The van der Waals surface area contributed by atoms with Gasteiger partial charge in [-0.15, -0.1) is 0 Å². The van der Waals surface area contributed by atoms with E-state index in [-0.39, 0.29) is 12.1 Å². The number of hydrogen-bond acceptors (Lipinski definition) is 2. The highest BCUT2D eigenvalue weighted by molar-refractivity contribution is 9.12. The molecule has 0 N–H and O–H groups in total. The molecule has 0 unspecified atom stereocenters. The van der Waals surface area contributed by atoms with E-state index in [0.29, 0.717) is 22.2 Å². The van der Waals surface area contributed by atoms with Gasteiger partial charge in [-0.1, -0.05) is 27.2 Å². The van der Waals surface area contributed by atoms with Crippen LogP contribution in [-0.2, 0) is 9.53 Å². The molecule has 0 spiro atoms. The number of halogens is 1. The highest BCUT2D eigenvalue weighted by Gasteiger charge is 2.39. The normalized spacial score (nSPS) is 38.2. The summed E-state index contributed by atoms with van der Waals surface area (Å²) in [5, 5.41) is 0. The summed E-state index contributed by atoms with van der Waals surface area (Å²) < 4.78 is 6.06. The maximum absolute atomic E-state index is 11.4. The third kappa shape index (κ3) is 2.75. The van der Waals surface area contributed by atoms with E-state index in [1.165, 1.54) is 19.3 Å². The smallest absolute Gasteiger partial charge is 0.345 e. The van der Waals surface area contributed by atoms with Crippen LogP contribution in [0.2, 0.25) is 0 Å². The van der Waals surface area contributed by atoms with Crippen molar-refractivity contribution < 1.29 is 9.53 Å². The Balaban J connectivity index is 2.13. The fourth-order valence-corrected chi connectivity index (χ4v) is 3.64. The summed E-state index contributed by atoms with van der Waals surface area (Å²) in [6.45, 7) is 6.87. The number of cyclic esters (lactones) is 1. The Kier molecular flexibility index (Phi) is 3.96. The lowest BCUT2D eigenvalue weighted by atomic mass is 9.68. The number of carbonyl (C=O) groups excluding carboxylic acids is 1. The predicted octanol–water partition coefficient (Wildman–Crippen LogP) is 3.90. The van der Waals surface area contributed by atoms with E-state index in [2.05, 4.69) is 36.7 Å². The van der Waals surface area contributed by atoms with Crippen LogP contribution in [0.4, 0.5) is 0 Å². The van der Waals surface area contributed by atoms with E-state index < -0.39 is 0 Å². The first-order valence-corrected chi connectivity index (χ1v) is 7.36. The number of ether oxygens (including phenoxy) is 1. The van der Waals surface area contributed by atoms with E-state index >= 15 is 0 Å². The predicted molar refractivity (Wildman–Crippen MR) is 71.7 cm³/mol. The van der Waals surface area contributed by atoms with Gasteiger partial charge in [0.2, 0.25) is 0 Å². The Morgan fingerprint density at radius 1 is 1.41 bits per heavy atom. The molecule has 0 aromatic heterocycles. The molecule has 2 rings (SSSR count). The van der Waals surface area contributed by atoms with Crippen molar-refractivity contribution in [3.8, 4) is 0 Å². The molecule has 0 saturated heterocycles. The molecule has 2 nitrogen and oxygen atoms in total. The van der Waals surface area contributed by atoms with Crippen LogP contribution in [0.3, 0.4) is 0 Å². The van der Waals surface area contributed by atoms with Gasteiger partial charge >= 0.3 is 5.97 Å². The van der Waals surface area contributed by atoms with Crippen LogP contribution in [0.15, 0.2) is 10.6 Å². The zero-order valence-corrected chi connectivity index (χ0v) is 12.4. The second-order valence-electron chi connectivity index (χ2n) is 5.87. The number of carbonyl (C=O) groups is 1. The highest BCUT2D eigenvalue weighted by Crippen LogP contribution is 2.42. The SMILES string of the molecule is CC(C)[C@@H]1CC[C@@H](C)C[C@H]1[C@@H]1C=C(Br)C(=O)O1. The Labute approximate surface area is 112 Å². The van der Waals surface area contributed by atoms with Gasteiger partial charge in [0, 0.05) is 5.92 Å². The van der Waals surface area contributed by atoms with Crippen LogP contribution in [0.25, 0.3) is 0 Å². The molecular weight excluding hydrogens is 280 g/mol. The van der Waals surface area contributed by atoms with Gasteiger partial charge in [0.1, 0.15) is 10.6 Å². The molecule has 96 valence electrons. The minimum atomic E-state index is -0.198. The molecule has 4 atom stereocenters. The average Bonchev–Trinajstić information content (AvgIpc) is 2.58. The average molecular weight is 301 g/mol. The molecule has 1 heterocycles. The van der Waals surface area contributed by atoms with E-state index in [9.17, 15) is 4.79 Å². The Bertz CT molecular complexity index is 335. The number of esters is 1. The molecule has 0 amide bonds. The lowest BCUT2D eigenvalue weighted by Gasteiger charge is -2.39. The summed E-state index contributed by atoms with van der Waals surface area (Å²) in [7, 11) is 0. The van der Waals surface area contributed by atoms with Crippen LogP contribution in [0.1, 0.15) is 40.0 Å². The third-order valence-corrected chi connectivity index (χ3v) is 4.83. The molecular formula is C14H21BrO2. The van der Waals surface area contributed by atoms with E-state index in [0.717, 1.165) is 5.92 Å². The monoisotopic (exact) mass is 300 g/mol. The number of hydrogen-bond donors (Lipinski definition) is 0. The van der Waals surface area contributed by atoms with Gasteiger partial charge in [0.05, 0.1) is 0 Å². The Hall–Kier alpha value is -0.310. The lowest BCUT2D eigenvalue weighted by molar-refractivity contribution is -0.142. The maximum atomic E-state index is 11.4. The zero-order valence-electron chi connectivity index (χ0n) is 10.8. The van der Waals surface area contributed by atoms with Crippen molar-refractivity contribution >= 4 is 21.9 Å². The quantitative estimate of drug-likeness (QED) is 0.723. The Morgan fingerprint density at radius 2 is 2.12 bits per heavy atom. The minimum Gasteiger partial charge on any atom is -0.454 e. The summed E-state index contributed by atoms with van der Waals surface area (Å²) in [5.74, 6) is 2.40. The van der Waals surface area contributed by atoms with Crippen molar-refractivity contribution in [1.29, 1.82) is 0 Å². The maximum Gasteiger partial charge on any atom is 0.345 e. The molecule has 1 aliphatic heterocycles. The molecule has 2 aliphatic rings. The first kappa shape index (κ1) is 13.1. The van der Waals surface area contributed by atoms with Gasteiger partial charge in [0.25, 0.3) is 0 Å². The molecule has 1 aliphatic carbocycles. The first-order chi connectivity index (χ1) is 7.99. The van der Waals surface area contributed by atoms with Crippen LogP contribution in [0, 0.1) is 23.7 Å². The van der Waals surface area contributed by atoms with Crippen molar-refractivity contribution in [2.75, 3.05) is 0 Å².